The second-order valence-electron chi connectivity index (χ2n) is 5.00. The van der Waals surface area contributed by atoms with Crippen LogP contribution < -0.4 is 10.6 Å². The van der Waals surface area contributed by atoms with Crippen molar-refractivity contribution in [2.75, 3.05) is 13.1 Å². The molecule has 19 heavy (non-hydrogen) atoms. The lowest BCUT2D eigenvalue weighted by molar-refractivity contribution is 0.0957. The summed E-state index contributed by atoms with van der Waals surface area (Å²) < 4.78 is 0.881. The van der Waals surface area contributed by atoms with Crippen LogP contribution in [0, 0.1) is 0 Å². The second-order valence-corrected chi connectivity index (χ2v) is 6.77. The van der Waals surface area contributed by atoms with E-state index >= 15 is 0 Å². The zero-order chi connectivity index (χ0) is 13.5. The van der Waals surface area contributed by atoms with Crippen molar-refractivity contribution < 1.29 is 4.79 Å². The third-order valence-electron chi connectivity index (χ3n) is 3.52. The highest BCUT2D eigenvalue weighted by Gasteiger charge is 2.12. The van der Waals surface area contributed by atoms with Crippen molar-refractivity contribution in [1.82, 2.24) is 10.6 Å². The standard InChI is InChI=1S/C14H21BrN2OS/c15-12-7-10-19-13(12)14(18)17-9-8-16-11-5-3-1-2-4-6-11/h7,10-11,16H,1-6,8-9H2,(H,17,18). The third kappa shape index (κ3) is 4.89. The molecule has 1 aromatic rings. The van der Waals surface area contributed by atoms with Crippen LogP contribution in [0.15, 0.2) is 15.9 Å². The lowest BCUT2D eigenvalue weighted by atomic mass is 10.1. The van der Waals surface area contributed by atoms with E-state index in [1.165, 1.54) is 49.9 Å². The minimum absolute atomic E-state index is 0.0181. The minimum Gasteiger partial charge on any atom is -0.350 e. The molecule has 2 rings (SSSR count). The number of thiophene rings is 1. The summed E-state index contributed by atoms with van der Waals surface area (Å²) in [5, 5.41) is 8.43. The van der Waals surface area contributed by atoms with Crippen LogP contribution in [0.5, 0.6) is 0 Å². The average Bonchev–Trinajstić information content (AvgIpc) is 2.68. The quantitative estimate of drug-likeness (QED) is 0.633. The molecule has 1 amide bonds. The number of nitrogens with one attached hydrogen (secondary N) is 2. The number of hydrogen-bond acceptors (Lipinski definition) is 3. The van der Waals surface area contributed by atoms with Crippen LogP contribution >= 0.6 is 27.3 Å². The molecule has 0 saturated heterocycles. The normalized spacial score (nSPS) is 17.1. The lowest BCUT2D eigenvalue weighted by Gasteiger charge is -2.16. The number of carbonyl (C=O) groups is 1. The number of halogens is 1. The number of carbonyl (C=O) groups excluding carboxylic acids is 1. The van der Waals surface area contributed by atoms with Crippen LogP contribution in [-0.2, 0) is 0 Å². The van der Waals surface area contributed by atoms with Crippen molar-refractivity contribution in [3.63, 3.8) is 0 Å². The van der Waals surface area contributed by atoms with Crippen LogP contribution in [0.2, 0.25) is 0 Å². The van der Waals surface area contributed by atoms with Crippen LogP contribution in [0.25, 0.3) is 0 Å². The molecule has 0 bridgehead atoms. The van der Waals surface area contributed by atoms with Crippen molar-refractivity contribution in [2.24, 2.45) is 0 Å². The Morgan fingerprint density at radius 1 is 1.26 bits per heavy atom. The predicted octanol–water partition coefficient (Wildman–Crippen LogP) is 3.55. The topological polar surface area (TPSA) is 41.1 Å². The SMILES string of the molecule is O=C(NCCNC1CCCCCC1)c1sccc1Br. The predicted molar refractivity (Wildman–Crippen MR) is 83.8 cm³/mol. The Morgan fingerprint density at radius 2 is 2.00 bits per heavy atom. The molecule has 1 aromatic heterocycles. The molecule has 106 valence electrons. The van der Waals surface area contributed by atoms with Crippen molar-refractivity contribution in [1.29, 1.82) is 0 Å². The number of amides is 1. The third-order valence-corrected chi connectivity index (χ3v) is 5.36. The van der Waals surface area contributed by atoms with Gasteiger partial charge in [-0.25, -0.2) is 0 Å². The molecule has 3 nitrogen and oxygen atoms in total. The van der Waals surface area contributed by atoms with Gasteiger partial charge in [-0.05, 0) is 40.2 Å². The fourth-order valence-electron chi connectivity index (χ4n) is 2.47. The van der Waals surface area contributed by atoms with E-state index in [2.05, 4.69) is 26.6 Å². The maximum absolute atomic E-state index is 11.9. The van der Waals surface area contributed by atoms with E-state index in [-0.39, 0.29) is 5.91 Å². The van der Waals surface area contributed by atoms with Gasteiger partial charge >= 0.3 is 0 Å². The van der Waals surface area contributed by atoms with Crippen LogP contribution in [0.4, 0.5) is 0 Å². The van der Waals surface area contributed by atoms with Gasteiger partial charge in [-0.3, -0.25) is 4.79 Å². The van der Waals surface area contributed by atoms with E-state index in [1.807, 2.05) is 11.4 Å². The van der Waals surface area contributed by atoms with Gasteiger partial charge in [0.05, 0.1) is 0 Å². The molecular formula is C14H21BrN2OS. The van der Waals surface area contributed by atoms with Gasteiger partial charge in [-0.15, -0.1) is 11.3 Å². The summed E-state index contributed by atoms with van der Waals surface area (Å²) in [5.74, 6) is 0.0181. The van der Waals surface area contributed by atoms with E-state index in [4.69, 9.17) is 0 Å². The first kappa shape index (κ1) is 15.0. The number of hydrogen-bond donors (Lipinski definition) is 2. The second kappa shape index (κ2) is 8.02. The van der Waals surface area contributed by atoms with E-state index in [1.54, 1.807) is 0 Å². The fraction of sp³-hybridized carbons (Fsp3) is 0.643. The molecule has 1 saturated carbocycles. The molecule has 0 radical (unpaired) electrons. The molecule has 0 aliphatic heterocycles. The van der Waals surface area contributed by atoms with Gasteiger partial charge < -0.3 is 10.6 Å². The van der Waals surface area contributed by atoms with Crippen molar-refractivity contribution >= 4 is 33.2 Å². The largest absolute Gasteiger partial charge is 0.350 e. The summed E-state index contributed by atoms with van der Waals surface area (Å²) in [6.45, 7) is 1.55. The van der Waals surface area contributed by atoms with E-state index < -0.39 is 0 Å². The first-order valence-corrected chi connectivity index (χ1v) is 8.69. The zero-order valence-electron chi connectivity index (χ0n) is 11.1. The summed E-state index contributed by atoms with van der Waals surface area (Å²) in [6.07, 6.45) is 8.00. The number of rotatable bonds is 5. The Morgan fingerprint density at radius 3 is 2.63 bits per heavy atom. The summed E-state index contributed by atoms with van der Waals surface area (Å²) >= 11 is 4.85. The van der Waals surface area contributed by atoms with Gasteiger partial charge in [-0.1, -0.05) is 25.7 Å². The molecule has 0 spiro atoms. The Balaban J connectivity index is 1.64. The monoisotopic (exact) mass is 344 g/mol. The molecule has 1 heterocycles. The molecule has 1 fully saturated rings. The molecular weight excluding hydrogens is 324 g/mol. The van der Waals surface area contributed by atoms with Gasteiger partial charge in [0.1, 0.15) is 4.88 Å². The van der Waals surface area contributed by atoms with E-state index in [0.717, 1.165) is 15.9 Å². The van der Waals surface area contributed by atoms with Crippen molar-refractivity contribution in [2.45, 2.75) is 44.6 Å². The summed E-state index contributed by atoms with van der Waals surface area (Å²) in [5.41, 5.74) is 0. The first-order valence-electron chi connectivity index (χ1n) is 7.02. The van der Waals surface area contributed by atoms with Gasteiger partial charge in [0, 0.05) is 23.6 Å². The van der Waals surface area contributed by atoms with E-state index in [9.17, 15) is 4.79 Å². The Bertz CT molecular complexity index is 400. The van der Waals surface area contributed by atoms with E-state index in [0.29, 0.717) is 12.6 Å². The first-order chi connectivity index (χ1) is 9.27. The maximum atomic E-state index is 11.9. The fourth-order valence-corrected chi connectivity index (χ4v) is 3.94. The van der Waals surface area contributed by atoms with Gasteiger partial charge in [-0.2, -0.15) is 0 Å². The highest BCUT2D eigenvalue weighted by Crippen LogP contribution is 2.22. The minimum atomic E-state index is 0.0181. The summed E-state index contributed by atoms with van der Waals surface area (Å²) in [6, 6.07) is 2.55. The molecule has 2 N–H and O–H groups in total. The molecule has 1 aliphatic carbocycles. The Hall–Kier alpha value is -0.390. The van der Waals surface area contributed by atoms with Gasteiger partial charge in [0.15, 0.2) is 0 Å². The highest BCUT2D eigenvalue weighted by atomic mass is 79.9. The zero-order valence-corrected chi connectivity index (χ0v) is 13.5. The molecule has 0 aromatic carbocycles. The average molecular weight is 345 g/mol. The van der Waals surface area contributed by atoms with Crippen LogP contribution in [-0.4, -0.2) is 25.0 Å². The smallest absolute Gasteiger partial charge is 0.262 e. The maximum Gasteiger partial charge on any atom is 0.262 e. The Labute approximate surface area is 127 Å². The Kier molecular flexibility index (Phi) is 6.34. The van der Waals surface area contributed by atoms with Crippen LogP contribution in [0.1, 0.15) is 48.2 Å². The highest BCUT2D eigenvalue weighted by molar-refractivity contribution is 9.10. The molecule has 1 aliphatic rings. The summed E-state index contributed by atoms with van der Waals surface area (Å²) in [7, 11) is 0. The summed E-state index contributed by atoms with van der Waals surface area (Å²) in [4.78, 5) is 12.6. The van der Waals surface area contributed by atoms with Gasteiger partial charge in [0.25, 0.3) is 5.91 Å². The lowest BCUT2D eigenvalue weighted by Crippen LogP contribution is -2.36. The molecule has 0 atom stereocenters. The van der Waals surface area contributed by atoms with Crippen molar-refractivity contribution in [3.05, 3.63) is 20.8 Å². The van der Waals surface area contributed by atoms with Crippen molar-refractivity contribution in [3.8, 4) is 0 Å². The van der Waals surface area contributed by atoms with Gasteiger partial charge in [0.2, 0.25) is 0 Å². The molecule has 0 unspecified atom stereocenters. The molecule has 5 heteroatoms. The van der Waals surface area contributed by atoms with Crippen LogP contribution in [0.3, 0.4) is 0 Å².